The predicted octanol–water partition coefficient (Wildman–Crippen LogP) is 4.33. The summed E-state index contributed by atoms with van der Waals surface area (Å²) in [6.45, 7) is 0. The molecular formula is C18H14. The van der Waals surface area contributed by atoms with Gasteiger partial charge in [0.25, 0.3) is 0 Å². The van der Waals surface area contributed by atoms with Gasteiger partial charge in [0, 0.05) is 0 Å². The molecule has 4 bridgehead atoms. The molecule has 0 heterocycles. The van der Waals surface area contributed by atoms with Gasteiger partial charge >= 0.3 is 0 Å². The van der Waals surface area contributed by atoms with Gasteiger partial charge in [0.2, 0.25) is 0 Å². The first kappa shape index (κ1) is 9.16. The van der Waals surface area contributed by atoms with Crippen LogP contribution in [0.1, 0.15) is 19.3 Å². The van der Waals surface area contributed by atoms with Crippen LogP contribution in [0.4, 0.5) is 0 Å². The van der Waals surface area contributed by atoms with Crippen molar-refractivity contribution in [3.05, 3.63) is 81.5 Å². The van der Waals surface area contributed by atoms with Crippen molar-refractivity contribution >= 4 is 0 Å². The average molecular weight is 230 g/mol. The fourth-order valence-corrected chi connectivity index (χ4v) is 4.24. The zero-order valence-corrected chi connectivity index (χ0v) is 10.2. The van der Waals surface area contributed by atoms with Gasteiger partial charge in [-0.1, -0.05) is 42.5 Å². The SMILES string of the molecule is C1=C2CC(C1)C1=C2C2=C3\C=C/C=C\C=C/C3=C1C2. The number of rotatable bonds is 0. The molecule has 0 aromatic rings. The summed E-state index contributed by atoms with van der Waals surface area (Å²) < 4.78 is 0. The molecule has 0 N–H and O–H groups in total. The van der Waals surface area contributed by atoms with Crippen LogP contribution in [0, 0.1) is 5.92 Å². The summed E-state index contributed by atoms with van der Waals surface area (Å²) in [6.07, 6.45) is 19.5. The molecule has 0 aromatic carbocycles. The van der Waals surface area contributed by atoms with Gasteiger partial charge in [0.05, 0.1) is 0 Å². The Hall–Kier alpha value is -1.82. The second kappa shape index (κ2) is 2.95. The molecule has 1 unspecified atom stereocenters. The van der Waals surface area contributed by atoms with E-state index in [0.717, 1.165) is 5.92 Å². The predicted molar refractivity (Wildman–Crippen MR) is 73.9 cm³/mol. The molecule has 86 valence electrons. The molecule has 1 atom stereocenters. The third-order valence-electron chi connectivity index (χ3n) is 4.89. The average Bonchev–Trinajstić information content (AvgIpc) is 3.03. The second-order valence-electron chi connectivity index (χ2n) is 5.72. The normalized spacial score (nSPS) is 35.6. The first-order valence-electron chi connectivity index (χ1n) is 6.86. The minimum absolute atomic E-state index is 0.815. The van der Waals surface area contributed by atoms with E-state index in [1.54, 1.807) is 27.9 Å². The maximum absolute atomic E-state index is 2.47. The van der Waals surface area contributed by atoms with Crippen LogP contribution in [0.25, 0.3) is 0 Å². The molecule has 0 nitrogen and oxygen atoms in total. The lowest BCUT2D eigenvalue weighted by Crippen LogP contribution is -2.02. The van der Waals surface area contributed by atoms with Gasteiger partial charge in [-0.2, -0.15) is 0 Å². The van der Waals surface area contributed by atoms with Gasteiger partial charge in [-0.25, -0.2) is 0 Å². The molecule has 0 aliphatic heterocycles. The monoisotopic (exact) mass is 230 g/mol. The minimum Gasteiger partial charge on any atom is -0.0801 e. The fraction of sp³-hybridized carbons (Fsp3) is 0.222. The third-order valence-corrected chi connectivity index (χ3v) is 4.89. The molecule has 0 spiro atoms. The molecule has 18 heavy (non-hydrogen) atoms. The number of fused-ring (bicyclic) bond motifs is 9. The molecule has 0 aromatic heterocycles. The van der Waals surface area contributed by atoms with Crippen molar-refractivity contribution in [2.24, 2.45) is 5.92 Å². The molecular weight excluding hydrogens is 216 g/mol. The maximum atomic E-state index is 2.47. The fourth-order valence-electron chi connectivity index (χ4n) is 4.24. The molecule has 5 aliphatic carbocycles. The molecule has 0 fully saturated rings. The zero-order valence-electron chi connectivity index (χ0n) is 10.2. The van der Waals surface area contributed by atoms with Crippen molar-refractivity contribution in [2.75, 3.05) is 0 Å². The lowest BCUT2D eigenvalue weighted by atomic mass is 9.86. The summed E-state index contributed by atoms with van der Waals surface area (Å²) in [5.41, 5.74) is 11.2. The highest BCUT2D eigenvalue weighted by Gasteiger charge is 2.44. The first-order valence-corrected chi connectivity index (χ1v) is 6.86. The first-order chi connectivity index (χ1) is 8.93. The number of allylic oxidation sites excluding steroid dienone is 14. The summed E-state index contributed by atoms with van der Waals surface area (Å²) in [6, 6.07) is 0. The summed E-state index contributed by atoms with van der Waals surface area (Å²) >= 11 is 0. The van der Waals surface area contributed by atoms with Gasteiger partial charge in [0.15, 0.2) is 0 Å². The van der Waals surface area contributed by atoms with Crippen LogP contribution in [0.15, 0.2) is 81.5 Å². The zero-order chi connectivity index (χ0) is 11.7. The van der Waals surface area contributed by atoms with Gasteiger partial charge in [-0.05, 0) is 64.2 Å². The van der Waals surface area contributed by atoms with Crippen LogP contribution < -0.4 is 0 Å². The van der Waals surface area contributed by atoms with Crippen LogP contribution in [-0.4, -0.2) is 0 Å². The summed E-state index contributed by atoms with van der Waals surface area (Å²) in [5.74, 6) is 0.815. The van der Waals surface area contributed by atoms with Crippen molar-refractivity contribution in [3.63, 3.8) is 0 Å². The van der Waals surface area contributed by atoms with Crippen LogP contribution in [0.3, 0.4) is 0 Å². The lowest BCUT2D eigenvalue weighted by Gasteiger charge is -2.18. The van der Waals surface area contributed by atoms with E-state index >= 15 is 0 Å². The molecule has 0 amide bonds. The van der Waals surface area contributed by atoms with Crippen LogP contribution in [-0.2, 0) is 0 Å². The molecule has 0 saturated heterocycles. The van der Waals surface area contributed by atoms with Crippen molar-refractivity contribution in [2.45, 2.75) is 19.3 Å². The Labute approximate surface area is 107 Å². The van der Waals surface area contributed by atoms with Gasteiger partial charge in [-0.15, -0.1) is 0 Å². The van der Waals surface area contributed by atoms with Crippen LogP contribution in [0.2, 0.25) is 0 Å². The summed E-state index contributed by atoms with van der Waals surface area (Å²) in [4.78, 5) is 0. The Bertz CT molecular complexity index is 696. The maximum Gasteiger partial charge on any atom is -0.000423 e. The van der Waals surface area contributed by atoms with E-state index in [1.165, 1.54) is 30.4 Å². The van der Waals surface area contributed by atoms with E-state index in [-0.39, 0.29) is 0 Å². The Kier molecular flexibility index (Phi) is 1.50. The standard InChI is InChI=1S/C18H14/c1-2-4-6-14-13(5-3-1)15-10-16(14)18-12-8-7-11(9-12)17(15)18/h1-7,12H,8-10H2/b2-1-,3-1?,4-2?,5-3-,6-4-,13-5?,14-6?. The van der Waals surface area contributed by atoms with E-state index in [0.29, 0.717) is 0 Å². The van der Waals surface area contributed by atoms with Crippen molar-refractivity contribution in [3.8, 4) is 0 Å². The Morgan fingerprint density at radius 1 is 0.889 bits per heavy atom. The Morgan fingerprint density at radius 2 is 1.67 bits per heavy atom. The number of hydrogen-bond donors (Lipinski definition) is 0. The largest absolute Gasteiger partial charge is 0.0801 e. The van der Waals surface area contributed by atoms with E-state index in [2.05, 4.69) is 42.5 Å². The molecule has 0 saturated carbocycles. The van der Waals surface area contributed by atoms with Crippen LogP contribution >= 0.6 is 0 Å². The Balaban J connectivity index is 1.82. The smallest absolute Gasteiger partial charge is 0.000423 e. The molecule has 0 heteroatoms. The molecule has 0 radical (unpaired) electrons. The van der Waals surface area contributed by atoms with Gasteiger partial charge in [0.1, 0.15) is 0 Å². The van der Waals surface area contributed by atoms with E-state index in [9.17, 15) is 0 Å². The van der Waals surface area contributed by atoms with E-state index in [1.807, 2.05) is 0 Å². The lowest BCUT2D eigenvalue weighted by molar-refractivity contribution is 0.690. The molecule has 5 rings (SSSR count). The highest BCUT2D eigenvalue weighted by atomic mass is 14.5. The third kappa shape index (κ3) is 0.905. The highest BCUT2D eigenvalue weighted by molar-refractivity contribution is 5.80. The minimum atomic E-state index is 0.815. The van der Waals surface area contributed by atoms with Crippen molar-refractivity contribution < 1.29 is 0 Å². The van der Waals surface area contributed by atoms with Crippen molar-refractivity contribution in [1.82, 2.24) is 0 Å². The topological polar surface area (TPSA) is 0 Å². The van der Waals surface area contributed by atoms with Gasteiger partial charge in [-0.3, -0.25) is 0 Å². The van der Waals surface area contributed by atoms with Gasteiger partial charge < -0.3 is 0 Å². The summed E-state index contributed by atoms with van der Waals surface area (Å²) in [5, 5.41) is 0. The van der Waals surface area contributed by atoms with Crippen LogP contribution in [0.5, 0.6) is 0 Å². The van der Waals surface area contributed by atoms with E-state index in [4.69, 9.17) is 0 Å². The second-order valence-corrected chi connectivity index (χ2v) is 5.72. The Morgan fingerprint density at radius 3 is 2.50 bits per heavy atom. The quantitative estimate of drug-likeness (QED) is 0.543. The van der Waals surface area contributed by atoms with E-state index < -0.39 is 0 Å². The number of hydrogen-bond acceptors (Lipinski definition) is 0. The van der Waals surface area contributed by atoms with Crippen molar-refractivity contribution in [1.29, 1.82) is 0 Å². The summed E-state index contributed by atoms with van der Waals surface area (Å²) in [7, 11) is 0. The highest BCUT2D eigenvalue weighted by Crippen LogP contribution is 2.61. The molecule has 5 aliphatic rings.